The van der Waals surface area contributed by atoms with Gasteiger partial charge in [0.2, 0.25) is 0 Å². The molecule has 270 valence electrons. The lowest BCUT2D eigenvalue weighted by molar-refractivity contribution is 0.139. The van der Waals surface area contributed by atoms with Crippen molar-refractivity contribution in [3.63, 3.8) is 0 Å². The molecule has 0 aliphatic heterocycles. The molecule has 0 saturated heterocycles. The predicted octanol–water partition coefficient (Wildman–Crippen LogP) is 13.0. The highest BCUT2D eigenvalue weighted by atomic mass is 16.5. The van der Waals surface area contributed by atoms with E-state index in [2.05, 4.69) is 67.4 Å². The van der Waals surface area contributed by atoms with Gasteiger partial charge in [0.25, 0.3) is 0 Å². The van der Waals surface area contributed by atoms with Crippen LogP contribution < -0.4 is 5.32 Å². The summed E-state index contributed by atoms with van der Waals surface area (Å²) in [6.45, 7) is 9.10. The van der Waals surface area contributed by atoms with Crippen molar-refractivity contribution in [1.82, 2.24) is 10.2 Å². The van der Waals surface area contributed by atoms with Gasteiger partial charge in [-0.3, -0.25) is 0 Å². The van der Waals surface area contributed by atoms with E-state index in [1.165, 1.54) is 154 Å². The molecule has 4 nitrogen and oxygen atoms in total. The smallest absolute Gasteiger partial charge is 0.407 e. The second kappa shape index (κ2) is 36.3. The molecule has 0 rings (SSSR count). The Bertz CT molecular complexity index is 714. The fourth-order valence-corrected chi connectivity index (χ4v) is 5.98. The fourth-order valence-electron chi connectivity index (χ4n) is 5.98. The first kappa shape index (κ1) is 44.5. The summed E-state index contributed by atoms with van der Waals surface area (Å²) in [5, 5.41) is 3.09. The summed E-state index contributed by atoms with van der Waals surface area (Å²) in [5.41, 5.74) is 0. The highest BCUT2D eigenvalue weighted by Crippen LogP contribution is 2.20. The molecule has 1 N–H and O–H groups in total. The van der Waals surface area contributed by atoms with Crippen molar-refractivity contribution in [3.05, 3.63) is 36.5 Å². The first-order valence-electron chi connectivity index (χ1n) is 20.0. The number of alkyl carbamates (subject to hydrolysis) is 1. The minimum Gasteiger partial charge on any atom is -0.450 e. The van der Waals surface area contributed by atoms with Crippen LogP contribution >= 0.6 is 0 Å². The SMILES string of the molecule is CCCCC/C=C/C=C\CCCCCCCCC(CCCCCCCCC(C)/C=C/CCCCC)CNC(=O)OCCCN(C)C. The van der Waals surface area contributed by atoms with Gasteiger partial charge in [-0.1, -0.05) is 154 Å². The number of amides is 1. The number of carbonyl (C=O) groups is 1. The Labute approximate surface area is 288 Å². The molecule has 0 heterocycles. The number of unbranched alkanes of at least 4 members (excludes halogenated alkanes) is 17. The predicted molar refractivity (Wildman–Crippen MR) is 205 cm³/mol. The number of nitrogens with zero attached hydrogens (tertiary/aromatic N) is 1. The highest BCUT2D eigenvalue weighted by molar-refractivity contribution is 5.67. The van der Waals surface area contributed by atoms with E-state index in [0.29, 0.717) is 12.5 Å². The molecule has 2 unspecified atom stereocenters. The summed E-state index contributed by atoms with van der Waals surface area (Å²) >= 11 is 0. The van der Waals surface area contributed by atoms with Crippen LogP contribution in [0.2, 0.25) is 0 Å². The number of ether oxygens (including phenoxy) is 1. The fraction of sp³-hybridized carbons (Fsp3) is 0.833. The van der Waals surface area contributed by atoms with Gasteiger partial charge in [-0.2, -0.15) is 0 Å². The van der Waals surface area contributed by atoms with E-state index in [1.54, 1.807) is 0 Å². The van der Waals surface area contributed by atoms with Gasteiger partial charge >= 0.3 is 6.09 Å². The Hall–Kier alpha value is -1.55. The first-order chi connectivity index (χ1) is 22.5. The Kier molecular flexibility index (Phi) is 35.1. The number of hydrogen-bond donors (Lipinski definition) is 1. The van der Waals surface area contributed by atoms with Gasteiger partial charge < -0.3 is 15.0 Å². The molecule has 0 fully saturated rings. The lowest BCUT2D eigenvalue weighted by Crippen LogP contribution is -2.30. The second-order valence-corrected chi connectivity index (χ2v) is 14.2. The summed E-state index contributed by atoms with van der Waals surface area (Å²) in [4.78, 5) is 14.4. The maximum atomic E-state index is 12.3. The van der Waals surface area contributed by atoms with Crippen molar-refractivity contribution >= 4 is 6.09 Å². The quantitative estimate of drug-likeness (QED) is 0.0430. The number of nitrogens with one attached hydrogen (secondary N) is 1. The van der Waals surface area contributed by atoms with Crippen LogP contribution in [0, 0.1) is 11.8 Å². The first-order valence-corrected chi connectivity index (χ1v) is 20.0. The molecule has 0 spiro atoms. The molecule has 46 heavy (non-hydrogen) atoms. The topological polar surface area (TPSA) is 41.6 Å². The Morgan fingerprint density at radius 3 is 1.65 bits per heavy atom. The number of rotatable bonds is 34. The molecular weight excluding hydrogens is 564 g/mol. The number of allylic oxidation sites excluding steroid dienone is 6. The van der Waals surface area contributed by atoms with E-state index < -0.39 is 0 Å². The summed E-state index contributed by atoms with van der Waals surface area (Å²) in [6.07, 6.45) is 45.9. The summed E-state index contributed by atoms with van der Waals surface area (Å²) < 4.78 is 5.42. The normalized spacial score (nSPS) is 13.4. The van der Waals surface area contributed by atoms with E-state index >= 15 is 0 Å². The molecule has 2 atom stereocenters. The highest BCUT2D eigenvalue weighted by Gasteiger charge is 2.11. The van der Waals surface area contributed by atoms with Crippen molar-refractivity contribution in [3.8, 4) is 0 Å². The monoisotopic (exact) mass is 645 g/mol. The molecule has 0 bridgehead atoms. The van der Waals surface area contributed by atoms with Crippen LogP contribution in [0.5, 0.6) is 0 Å². The Balaban J connectivity index is 4.14. The van der Waals surface area contributed by atoms with Crippen LogP contribution in [0.4, 0.5) is 4.79 Å². The lowest BCUT2D eigenvalue weighted by atomic mass is 9.93. The maximum Gasteiger partial charge on any atom is 0.407 e. The molecule has 0 aliphatic rings. The van der Waals surface area contributed by atoms with Crippen LogP contribution in [0.3, 0.4) is 0 Å². The van der Waals surface area contributed by atoms with Gasteiger partial charge in [0.15, 0.2) is 0 Å². The third-order valence-electron chi connectivity index (χ3n) is 9.07. The van der Waals surface area contributed by atoms with Crippen LogP contribution in [0.1, 0.15) is 181 Å². The van der Waals surface area contributed by atoms with E-state index in [4.69, 9.17) is 4.74 Å². The third kappa shape index (κ3) is 35.3. The molecule has 1 amide bonds. The van der Waals surface area contributed by atoms with Crippen molar-refractivity contribution in [2.45, 2.75) is 181 Å². The summed E-state index contributed by atoms with van der Waals surface area (Å²) in [7, 11) is 4.10. The van der Waals surface area contributed by atoms with Crippen LogP contribution in [0.15, 0.2) is 36.5 Å². The lowest BCUT2D eigenvalue weighted by Gasteiger charge is -2.18. The molecule has 0 saturated carbocycles. The molecule has 0 radical (unpaired) electrons. The minimum absolute atomic E-state index is 0.241. The third-order valence-corrected chi connectivity index (χ3v) is 9.07. The molecule has 0 aromatic carbocycles. The van der Waals surface area contributed by atoms with Crippen molar-refractivity contribution in [2.24, 2.45) is 11.8 Å². The Morgan fingerprint density at radius 1 is 0.630 bits per heavy atom. The average molecular weight is 645 g/mol. The summed E-state index contributed by atoms with van der Waals surface area (Å²) in [6, 6.07) is 0. The van der Waals surface area contributed by atoms with Crippen molar-refractivity contribution in [2.75, 3.05) is 33.8 Å². The Morgan fingerprint density at radius 2 is 1.11 bits per heavy atom. The summed E-state index contributed by atoms with van der Waals surface area (Å²) in [5.74, 6) is 1.29. The zero-order valence-corrected chi connectivity index (χ0v) is 31.7. The van der Waals surface area contributed by atoms with E-state index in [9.17, 15) is 4.79 Å². The van der Waals surface area contributed by atoms with E-state index in [-0.39, 0.29) is 6.09 Å². The van der Waals surface area contributed by atoms with Crippen LogP contribution in [-0.4, -0.2) is 44.8 Å². The molecule has 0 aliphatic carbocycles. The number of carbonyl (C=O) groups excluding carboxylic acids is 1. The van der Waals surface area contributed by atoms with Gasteiger partial charge in [0.1, 0.15) is 0 Å². The zero-order valence-electron chi connectivity index (χ0n) is 31.7. The van der Waals surface area contributed by atoms with E-state index in [1.807, 2.05) is 14.1 Å². The van der Waals surface area contributed by atoms with Crippen molar-refractivity contribution < 1.29 is 9.53 Å². The van der Waals surface area contributed by atoms with Gasteiger partial charge in [-0.25, -0.2) is 4.79 Å². The standard InChI is InChI=1S/C42H80N2O2/c1-6-8-10-12-13-14-15-16-17-18-19-20-21-26-30-35-41(39-43-42(45)46-38-32-37-44(4)5)36-31-27-23-22-25-29-34-40(3)33-28-24-11-9-7-2/h13-16,28,33,40-41H,6-12,17-27,29-32,34-39H2,1-5H3,(H,43,45)/b14-13+,16-15-,33-28+. The van der Waals surface area contributed by atoms with Gasteiger partial charge in [0.05, 0.1) is 6.61 Å². The van der Waals surface area contributed by atoms with Gasteiger partial charge in [-0.05, 0) is 90.1 Å². The van der Waals surface area contributed by atoms with E-state index in [0.717, 1.165) is 25.4 Å². The average Bonchev–Trinajstić information content (AvgIpc) is 3.04. The van der Waals surface area contributed by atoms with Gasteiger partial charge in [0, 0.05) is 13.1 Å². The van der Waals surface area contributed by atoms with Crippen LogP contribution in [0.25, 0.3) is 0 Å². The molecule has 0 aromatic heterocycles. The molecule has 4 heteroatoms. The van der Waals surface area contributed by atoms with Crippen molar-refractivity contribution in [1.29, 1.82) is 0 Å². The van der Waals surface area contributed by atoms with Gasteiger partial charge in [-0.15, -0.1) is 0 Å². The molecular formula is C42H80N2O2. The zero-order chi connectivity index (χ0) is 33.8. The largest absolute Gasteiger partial charge is 0.450 e. The molecule has 0 aromatic rings. The maximum absolute atomic E-state index is 12.3. The second-order valence-electron chi connectivity index (χ2n) is 14.2. The number of hydrogen-bond acceptors (Lipinski definition) is 3. The van der Waals surface area contributed by atoms with Crippen LogP contribution in [-0.2, 0) is 4.74 Å². The minimum atomic E-state index is -0.241.